The molecular formula is C12H20N2O2S. The van der Waals surface area contributed by atoms with Crippen molar-refractivity contribution in [2.75, 3.05) is 20.2 Å². The lowest BCUT2D eigenvalue weighted by Gasteiger charge is -2.18. The molecule has 1 amide bonds. The van der Waals surface area contributed by atoms with Crippen LogP contribution in [0.2, 0.25) is 0 Å². The first-order chi connectivity index (χ1) is 8.15. The number of amides is 1. The van der Waals surface area contributed by atoms with E-state index in [1.54, 1.807) is 11.3 Å². The molecule has 1 aromatic heterocycles. The molecule has 0 aliphatic carbocycles. The average molecular weight is 256 g/mol. The Morgan fingerprint density at radius 3 is 2.94 bits per heavy atom. The highest BCUT2D eigenvalue weighted by molar-refractivity contribution is 7.09. The van der Waals surface area contributed by atoms with Crippen molar-refractivity contribution in [1.29, 1.82) is 0 Å². The number of hydrogen-bond donors (Lipinski definition) is 2. The summed E-state index contributed by atoms with van der Waals surface area (Å²) >= 11 is 1.69. The summed E-state index contributed by atoms with van der Waals surface area (Å²) in [7, 11) is 1.92. The molecule has 0 aromatic carbocycles. The van der Waals surface area contributed by atoms with Gasteiger partial charge in [0.2, 0.25) is 5.91 Å². The Labute approximate surface area is 106 Å². The van der Waals surface area contributed by atoms with Gasteiger partial charge in [-0.05, 0) is 24.9 Å². The van der Waals surface area contributed by atoms with E-state index in [0.29, 0.717) is 6.54 Å². The summed E-state index contributed by atoms with van der Waals surface area (Å²) in [6, 6.07) is 3.94. The zero-order valence-electron chi connectivity index (χ0n) is 10.3. The largest absolute Gasteiger partial charge is 0.394 e. The summed E-state index contributed by atoms with van der Waals surface area (Å²) in [5.74, 6) is -0.0371. The maximum Gasteiger partial charge on any atom is 0.234 e. The van der Waals surface area contributed by atoms with E-state index in [1.165, 1.54) is 4.88 Å². The number of nitrogens with zero attached hydrogens (tertiary/aromatic N) is 1. The SMILES string of the molecule is CCC(CO)NC(=O)CN(C)Cc1cccs1. The Morgan fingerprint density at radius 2 is 2.41 bits per heavy atom. The highest BCUT2D eigenvalue weighted by Crippen LogP contribution is 2.10. The number of carbonyl (C=O) groups excluding carboxylic acids is 1. The molecule has 0 saturated carbocycles. The van der Waals surface area contributed by atoms with Crippen molar-refractivity contribution in [3.63, 3.8) is 0 Å². The van der Waals surface area contributed by atoms with E-state index in [2.05, 4.69) is 11.4 Å². The predicted octanol–water partition coefficient (Wildman–Crippen LogP) is 1.07. The monoisotopic (exact) mass is 256 g/mol. The van der Waals surface area contributed by atoms with Crippen LogP contribution < -0.4 is 5.32 Å². The van der Waals surface area contributed by atoms with E-state index in [4.69, 9.17) is 5.11 Å². The maximum absolute atomic E-state index is 11.6. The maximum atomic E-state index is 11.6. The first-order valence-electron chi connectivity index (χ1n) is 5.76. The normalized spacial score (nSPS) is 12.7. The van der Waals surface area contributed by atoms with E-state index in [9.17, 15) is 4.79 Å². The third-order valence-electron chi connectivity index (χ3n) is 2.50. The lowest BCUT2D eigenvalue weighted by atomic mass is 10.2. The standard InChI is InChI=1S/C12H20N2O2S/c1-3-10(9-15)13-12(16)8-14(2)7-11-5-4-6-17-11/h4-6,10,15H,3,7-9H2,1-2H3,(H,13,16). The number of aliphatic hydroxyl groups excluding tert-OH is 1. The van der Waals surface area contributed by atoms with Crippen molar-refractivity contribution in [1.82, 2.24) is 10.2 Å². The topological polar surface area (TPSA) is 52.6 Å². The van der Waals surface area contributed by atoms with Gasteiger partial charge >= 0.3 is 0 Å². The quantitative estimate of drug-likeness (QED) is 0.767. The van der Waals surface area contributed by atoms with Crippen molar-refractivity contribution in [2.24, 2.45) is 0 Å². The highest BCUT2D eigenvalue weighted by atomic mass is 32.1. The van der Waals surface area contributed by atoms with Crippen molar-refractivity contribution < 1.29 is 9.90 Å². The second-order valence-corrected chi connectivity index (χ2v) is 5.14. The molecule has 0 aliphatic heterocycles. The smallest absolute Gasteiger partial charge is 0.234 e. The van der Waals surface area contributed by atoms with Crippen LogP contribution in [0.5, 0.6) is 0 Å². The minimum atomic E-state index is -0.127. The lowest BCUT2D eigenvalue weighted by Crippen LogP contribution is -2.42. The Morgan fingerprint density at radius 1 is 1.65 bits per heavy atom. The fourth-order valence-corrected chi connectivity index (χ4v) is 2.30. The Balaban J connectivity index is 2.30. The van der Waals surface area contributed by atoms with Crippen LogP contribution in [-0.2, 0) is 11.3 Å². The van der Waals surface area contributed by atoms with Gasteiger partial charge in [-0.25, -0.2) is 0 Å². The third kappa shape index (κ3) is 5.30. The van der Waals surface area contributed by atoms with Crippen LogP contribution in [0.15, 0.2) is 17.5 Å². The molecule has 1 unspecified atom stereocenters. The van der Waals surface area contributed by atoms with Crippen LogP contribution in [0.4, 0.5) is 0 Å². The average Bonchev–Trinajstić information content (AvgIpc) is 2.78. The van der Waals surface area contributed by atoms with Crippen molar-refractivity contribution >= 4 is 17.2 Å². The van der Waals surface area contributed by atoms with Crippen LogP contribution in [0.25, 0.3) is 0 Å². The van der Waals surface area contributed by atoms with Crippen LogP contribution in [-0.4, -0.2) is 42.2 Å². The number of hydrogen-bond acceptors (Lipinski definition) is 4. The summed E-state index contributed by atoms with van der Waals surface area (Å²) in [4.78, 5) is 14.9. The van der Waals surface area contributed by atoms with Crippen LogP contribution >= 0.6 is 11.3 Å². The summed E-state index contributed by atoms with van der Waals surface area (Å²) in [5, 5.41) is 13.8. The molecular weight excluding hydrogens is 236 g/mol. The van der Waals surface area contributed by atoms with E-state index < -0.39 is 0 Å². The van der Waals surface area contributed by atoms with E-state index in [1.807, 2.05) is 30.3 Å². The number of aliphatic hydroxyl groups is 1. The molecule has 4 nitrogen and oxygen atoms in total. The van der Waals surface area contributed by atoms with Crippen molar-refractivity contribution in [3.8, 4) is 0 Å². The van der Waals surface area contributed by atoms with Gasteiger partial charge in [0, 0.05) is 11.4 Å². The Hall–Kier alpha value is -0.910. The minimum absolute atomic E-state index is 0.00310. The zero-order chi connectivity index (χ0) is 12.7. The molecule has 17 heavy (non-hydrogen) atoms. The first-order valence-corrected chi connectivity index (χ1v) is 6.64. The predicted molar refractivity (Wildman–Crippen MR) is 70.0 cm³/mol. The van der Waals surface area contributed by atoms with Gasteiger partial charge < -0.3 is 10.4 Å². The van der Waals surface area contributed by atoms with E-state index in [0.717, 1.165) is 13.0 Å². The number of likely N-dealkylation sites (N-methyl/N-ethyl adjacent to an activating group) is 1. The molecule has 96 valence electrons. The van der Waals surface area contributed by atoms with E-state index in [-0.39, 0.29) is 18.6 Å². The molecule has 2 N–H and O–H groups in total. The van der Waals surface area contributed by atoms with Crippen LogP contribution in [0.1, 0.15) is 18.2 Å². The van der Waals surface area contributed by atoms with Crippen LogP contribution in [0, 0.1) is 0 Å². The Kier molecular flexibility index (Phi) is 6.18. The van der Waals surface area contributed by atoms with Gasteiger partial charge in [-0.3, -0.25) is 9.69 Å². The van der Waals surface area contributed by atoms with Gasteiger partial charge in [-0.2, -0.15) is 0 Å². The molecule has 1 aromatic rings. The molecule has 0 radical (unpaired) electrons. The second kappa shape index (κ2) is 7.42. The summed E-state index contributed by atoms with van der Waals surface area (Å²) in [6.07, 6.45) is 0.747. The third-order valence-corrected chi connectivity index (χ3v) is 3.36. The molecule has 1 atom stereocenters. The molecule has 0 aliphatic rings. The van der Waals surface area contributed by atoms with Gasteiger partial charge in [-0.15, -0.1) is 11.3 Å². The number of thiophene rings is 1. The number of rotatable bonds is 7. The fourth-order valence-electron chi connectivity index (χ4n) is 1.52. The zero-order valence-corrected chi connectivity index (χ0v) is 11.2. The summed E-state index contributed by atoms with van der Waals surface area (Å²) < 4.78 is 0. The van der Waals surface area contributed by atoms with Crippen molar-refractivity contribution in [3.05, 3.63) is 22.4 Å². The molecule has 0 saturated heterocycles. The summed E-state index contributed by atoms with van der Waals surface area (Å²) in [6.45, 7) is 3.07. The second-order valence-electron chi connectivity index (χ2n) is 4.11. The van der Waals surface area contributed by atoms with Gasteiger partial charge in [0.25, 0.3) is 0 Å². The Bertz CT molecular complexity index is 323. The molecule has 0 fully saturated rings. The molecule has 1 heterocycles. The number of carbonyl (C=O) groups is 1. The highest BCUT2D eigenvalue weighted by Gasteiger charge is 2.11. The first kappa shape index (κ1) is 14.2. The lowest BCUT2D eigenvalue weighted by molar-refractivity contribution is -0.123. The minimum Gasteiger partial charge on any atom is -0.394 e. The van der Waals surface area contributed by atoms with Gasteiger partial charge in [0.15, 0.2) is 0 Å². The van der Waals surface area contributed by atoms with Crippen LogP contribution in [0.3, 0.4) is 0 Å². The van der Waals surface area contributed by atoms with Gasteiger partial charge in [-0.1, -0.05) is 13.0 Å². The molecule has 5 heteroatoms. The van der Waals surface area contributed by atoms with E-state index >= 15 is 0 Å². The summed E-state index contributed by atoms with van der Waals surface area (Å²) in [5.41, 5.74) is 0. The molecule has 1 rings (SSSR count). The van der Waals surface area contributed by atoms with Gasteiger partial charge in [0.1, 0.15) is 0 Å². The fraction of sp³-hybridized carbons (Fsp3) is 0.583. The number of nitrogens with one attached hydrogen (secondary N) is 1. The molecule has 0 spiro atoms. The van der Waals surface area contributed by atoms with Crippen molar-refractivity contribution in [2.45, 2.75) is 25.9 Å². The molecule has 0 bridgehead atoms. The van der Waals surface area contributed by atoms with Gasteiger partial charge in [0.05, 0.1) is 19.2 Å².